The zero-order valence-electron chi connectivity index (χ0n) is 11.3. The van der Waals surface area contributed by atoms with Crippen molar-refractivity contribution in [3.8, 4) is 0 Å². The zero-order valence-corrected chi connectivity index (χ0v) is 12.1. The molecule has 18 heavy (non-hydrogen) atoms. The molecule has 2 saturated carbocycles. The first-order valence-electron chi connectivity index (χ1n) is 6.99. The van der Waals surface area contributed by atoms with Crippen LogP contribution in [0.4, 0.5) is 0 Å². The van der Waals surface area contributed by atoms with Gasteiger partial charge in [0, 0.05) is 24.6 Å². The Morgan fingerprint density at radius 3 is 2.72 bits per heavy atom. The molecule has 3 nitrogen and oxygen atoms in total. The van der Waals surface area contributed by atoms with Crippen molar-refractivity contribution in [2.45, 2.75) is 63.6 Å². The van der Waals surface area contributed by atoms with Crippen LogP contribution in [-0.4, -0.2) is 18.1 Å². The topological polar surface area (TPSA) is 34.1 Å². The van der Waals surface area contributed by atoms with Crippen LogP contribution in [0.2, 0.25) is 0 Å². The van der Waals surface area contributed by atoms with E-state index in [1.54, 1.807) is 0 Å². The summed E-state index contributed by atoms with van der Waals surface area (Å²) in [4.78, 5) is 6.18. The van der Waals surface area contributed by atoms with Crippen LogP contribution in [-0.2, 0) is 16.9 Å². The van der Waals surface area contributed by atoms with E-state index < -0.39 is 0 Å². The van der Waals surface area contributed by atoms with Crippen molar-refractivity contribution in [3.63, 3.8) is 0 Å². The summed E-state index contributed by atoms with van der Waals surface area (Å²) in [6, 6.07) is 0.762. The van der Waals surface area contributed by atoms with Crippen LogP contribution in [0.3, 0.4) is 0 Å². The van der Waals surface area contributed by atoms with Crippen LogP contribution >= 0.6 is 11.3 Å². The van der Waals surface area contributed by atoms with E-state index in [4.69, 9.17) is 9.72 Å². The number of aryl methyl sites for hydroxylation is 1. The third-order valence-electron chi connectivity index (χ3n) is 4.21. The highest BCUT2D eigenvalue weighted by atomic mass is 32.1. The van der Waals surface area contributed by atoms with Gasteiger partial charge in [-0.2, -0.15) is 0 Å². The quantitative estimate of drug-likeness (QED) is 0.889. The van der Waals surface area contributed by atoms with Crippen LogP contribution in [0.5, 0.6) is 0 Å². The lowest BCUT2D eigenvalue weighted by Crippen LogP contribution is -2.24. The second-order valence-electron chi connectivity index (χ2n) is 5.59. The van der Waals surface area contributed by atoms with Crippen molar-refractivity contribution in [1.82, 2.24) is 10.3 Å². The Morgan fingerprint density at radius 2 is 2.11 bits per heavy atom. The van der Waals surface area contributed by atoms with Crippen LogP contribution in [0.25, 0.3) is 0 Å². The number of hydrogen-bond donors (Lipinski definition) is 1. The van der Waals surface area contributed by atoms with Gasteiger partial charge in [0.1, 0.15) is 10.6 Å². The summed E-state index contributed by atoms with van der Waals surface area (Å²) in [6.07, 6.45) is 7.47. The molecule has 0 spiro atoms. The predicted octanol–water partition coefficient (Wildman–Crippen LogP) is 3.12. The molecule has 0 radical (unpaired) electrons. The molecular weight excluding hydrogens is 244 g/mol. The highest BCUT2D eigenvalue weighted by Gasteiger charge is 2.38. The third kappa shape index (κ3) is 2.33. The van der Waals surface area contributed by atoms with Crippen LogP contribution < -0.4 is 5.32 Å². The third-order valence-corrected chi connectivity index (χ3v) is 5.56. The lowest BCUT2D eigenvalue weighted by atomic mass is 10.0. The Balaban J connectivity index is 1.77. The summed E-state index contributed by atoms with van der Waals surface area (Å²) < 4.78 is 5.82. The van der Waals surface area contributed by atoms with Gasteiger partial charge in [0.25, 0.3) is 0 Å². The molecule has 1 heterocycles. The van der Waals surface area contributed by atoms with Crippen LogP contribution in [0.15, 0.2) is 0 Å². The number of methoxy groups -OCH3 is 1. The first-order valence-corrected chi connectivity index (χ1v) is 7.80. The van der Waals surface area contributed by atoms with Gasteiger partial charge < -0.3 is 10.1 Å². The maximum Gasteiger partial charge on any atom is 0.125 e. The van der Waals surface area contributed by atoms with E-state index in [-0.39, 0.29) is 5.60 Å². The molecule has 2 aliphatic carbocycles. The Bertz CT molecular complexity index is 419. The van der Waals surface area contributed by atoms with Gasteiger partial charge >= 0.3 is 0 Å². The van der Waals surface area contributed by atoms with Crippen LogP contribution in [0.1, 0.15) is 54.1 Å². The summed E-state index contributed by atoms with van der Waals surface area (Å²) >= 11 is 1.85. The van der Waals surface area contributed by atoms with E-state index in [0.717, 1.165) is 25.4 Å². The number of nitrogens with zero attached hydrogens (tertiary/aromatic N) is 1. The average molecular weight is 266 g/mol. The van der Waals surface area contributed by atoms with Crippen molar-refractivity contribution < 1.29 is 4.74 Å². The van der Waals surface area contributed by atoms with Gasteiger partial charge in [-0.1, -0.05) is 12.8 Å². The Hall–Kier alpha value is -0.450. The monoisotopic (exact) mass is 266 g/mol. The van der Waals surface area contributed by atoms with Gasteiger partial charge in [0.2, 0.25) is 0 Å². The number of nitrogens with one attached hydrogen (secondary N) is 1. The molecule has 2 aliphatic rings. The summed E-state index contributed by atoms with van der Waals surface area (Å²) in [6.45, 7) is 3.11. The fourth-order valence-corrected chi connectivity index (χ4v) is 4.00. The van der Waals surface area contributed by atoms with E-state index in [9.17, 15) is 0 Å². The molecule has 0 amide bonds. The SMILES string of the molecule is COC1(c2nc(C)c(CNC3CC3)s2)CCCC1. The molecule has 1 aromatic heterocycles. The van der Waals surface area contributed by atoms with Crippen molar-refractivity contribution in [1.29, 1.82) is 0 Å². The molecule has 0 aliphatic heterocycles. The molecule has 4 heteroatoms. The second kappa shape index (κ2) is 4.91. The second-order valence-corrected chi connectivity index (χ2v) is 6.67. The molecule has 3 rings (SSSR count). The highest BCUT2D eigenvalue weighted by Crippen LogP contribution is 2.43. The highest BCUT2D eigenvalue weighted by molar-refractivity contribution is 7.11. The lowest BCUT2D eigenvalue weighted by Gasteiger charge is -2.24. The average Bonchev–Trinajstić information content (AvgIpc) is 2.94. The van der Waals surface area contributed by atoms with Crippen LogP contribution in [0, 0.1) is 6.92 Å². The molecule has 0 aromatic carbocycles. The van der Waals surface area contributed by atoms with Gasteiger partial charge in [0.15, 0.2) is 0 Å². The molecule has 0 atom stereocenters. The molecule has 0 bridgehead atoms. The molecule has 2 fully saturated rings. The van der Waals surface area contributed by atoms with E-state index in [1.165, 1.54) is 41.3 Å². The van der Waals surface area contributed by atoms with E-state index in [0.29, 0.717) is 0 Å². The first kappa shape index (κ1) is 12.6. The summed E-state index contributed by atoms with van der Waals surface area (Å²) in [5.41, 5.74) is 1.11. The minimum absolute atomic E-state index is 0.0761. The van der Waals surface area contributed by atoms with Gasteiger partial charge in [0.05, 0.1) is 5.69 Å². The summed E-state index contributed by atoms with van der Waals surface area (Å²) in [7, 11) is 1.84. The van der Waals surface area contributed by atoms with E-state index in [2.05, 4.69) is 12.2 Å². The summed E-state index contributed by atoms with van der Waals surface area (Å²) in [5, 5.41) is 4.78. The maximum atomic E-state index is 5.82. The van der Waals surface area contributed by atoms with E-state index >= 15 is 0 Å². The van der Waals surface area contributed by atoms with Gasteiger partial charge in [-0.3, -0.25) is 0 Å². The fraction of sp³-hybridized carbons (Fsp3) is 0.786. The smallest absolute Gasteiger partial charge is 0.125 e. The molecule has 1 aromatic rings. The molecule has 1 N–H and O–H groups in total. The van der Waals surface area contributed by atoms with Crippen molar-refractivity contribution in [3.05, 3.63) is 15.6 Å². The van der Waals surface area contributed by atoms with Gasteiger partial charge in [-0.25, -0.2) is 4.98 Å². The van der Waals surface area contributed by atoms with E-state index in [1.807, 2.05) is 18.4 Å². The lowest BCUT2D eigenvalue weighted by molar-refractivity contribution is -0.00893. The molecule has 100 valence electrons. The molecule has 0 unspecified atom stereocenters. The predicted molar refractivity (Wildman–Crippen MR) is 73.9 cm³/mol. The fourth-order valence-electron chi connectivity index (χ4n) is 2.76. The van der Waals surface area contributed by atoms with Gasteiger partial charge in [-0.15, -0.1) is 11.3 Å². The number of ether oxygens (including phenoxy) is 1. The van der Waals surface area contributed by atoms with Gasteiger partial charge in [-0.05, 0) is 32.6 Å². The Kier molecular flexibility index (Phi) is 3.43. The number of aromatic nitrogens is 1. The minimum Gasteiger partial charge on any atom is -0.371 e. The standard InChI is InChI=1S/C14H22N2OS/c1-10-12(9-15-11-5-6-11)18-13(16-10)14(17-2)7-3-4-8-14/h11,15H,3-9H2,1-2H3. The number of thiazole rings is 1. The van der Waals surface area contributed by atoms with Crippen molar-refractivity contribution in [2.75, 3.05) is 7.11 Å². The normalized spacial score (nSPS) is 22.6. The Morgan fingerprint density at radius 1 is 1.39 bits per heavy atom. The number of hydrogen-bond acceptors (Lipinski definition) is 4. The first-order chi connectivity index (χ1) is 8.73. The minimum atomic E-state index is -0.0761. The summed E-state index contributed by atoms with van der Waals surface area (Å²) in [5.74, 6) is 0. The maximum absolute atomic E-state index is 5.82. The molecular formula is C14H22N2OS. The Labute approximate surface area is 113 Å². The largest absolute Gasteiger partial charge is 0.371 e. The zero-order chi connectivity index (χ0) is 12.6. The van der Waals surface area contributed by atoms with Crippen molar-refractivity contribution in [2.24, 2.45) is 0 Å². The molecule has 0 saturated heterocycles. The number of rotatable bonds is 5. The van der Waals surface area contributed by atoms with Crippen molar-refractivity contribution >= 4 is 11.3 Å².